The van der Waals surface area contributed by atoms with E-state index in [1.807, 2.05) is 37.4 Å². The van der Waals surface area contributed by atoms with Crippen molar-refractivity contribution in [2.45, 2.75) is 19.4 Å². The van der Waals surface area contributed by atoms with Crippen molar-refractivity contribution in [3.8, 4) is 5.75 Å². The highest BCUT2D eigenvalue weighted by atomic mass is 127. The number of piperidine rings is 1. The number of nitrogens with one attached hydrogen (secondary N) is 1. The zero-order valence-electron chi connectivity index (χ0n) is 19.3. The number of para-hydroxylation sites is 2. The molecule has 2 N–H and O–H groups in total. The van der Waals surface area contributed by atoms with Crippen molar-refractivity contribution >= 4 is 35.6 Å². The molecule has 0 aliphatic carbocycles. The Kier molecular flexibility index (Phi) is 9.61. The Morgan fingerprint density at radius 3 is 2.33 bits per heavy atom. The van der Waals surface area contributed by atoms with Crippen LogP contribution in [0.25, 0.3) is 0 Å². The summed E-state index contributed by atoms with van der Waals surface area (Å²) in [7, 11) is 1.84. The molecule has 0 atom stereocenters. The number of nitrogens with zero attached hydrogens (tertiary/aromatic N) is 4. The summed E-state index contributed by atoms with van der Waals surface area (Å²) in [6.45, 7) is 7.05. The fourth-order valence-electron chi connectivity index (χ4n) is 4.67. The number of phenols is 1. The third-order valence-electron chi connectivity index (χ3n) is 6.62. The Bertz CT molecular complexity index is 911. The zero-order valence-corrected chi connectivity index (χ0v) is 21.6. The predicted molar refractivity (Wildman–Crippen MR) is 143 cm³/mol. The average Bonchev–Trinajstić information content (AvgIpc) is 2.83. The molecule has 2 saturated heterocycles. The van der Waals surface area contributed by atoms with Gasteiger partial charge in [0, 0.05) is 51.9 Å². The smallest absolute Gasteiger partial charge is 0.193 e. The lowest BCUT2D eigenvalue weighted by Crippen LogP contribution is -2.53. The first-order chi connectivity index (χ1) is 15.6. The van der Waals surface area contributed by atoms with Crippen molar-refractivity contribution in [1.29, 1.82) is 0 Å². The number of hydrogen-bond acceptors (Lipinski definition) is 4. The number of likely N-dealkylation sites (tertiary alicyclic amines) is 1. The van der Waals surface area contributed by atoms with Gasteiger partial charge in [0.1, 0.15) is 11.6 Å². The fourth-order valence-corrected chi connectivity index (χ4v) is 4.67. The molecule has 2 aliphatic rings. The Hall–Kier alpha value is -2.07. The molecule has 0 amide bonds. The van der Waals surface area contributed by atoms with E-state index in [-0.39, 0.29) is 29.8 Å². The van der Waals surface area contributed by atoms with Crippen molar-refractivity contribution in [3.05, 3.63) is 59.9 Å². The van der Waals surface area contributed by atoms with E-state index in [2.05, 4.69) is 25.0 Å². The van der Waals surface area contributed by atoms with Crippen LogP contribution in [0.15, 0.2) is 53.5 Å². The minimum atomic E-state index is -0.109. The molecule has 4 rings (SSSR count). The van der Waals surface area contributed by atoms with Crippen LogP contribution >= 0.6 is 24.0 Å². The Labute approximate surface area is 213 Å². The van der Waals surface area contributed by atoms with Gasteiger partial charge in [0.05, 0.1) is 5.69 Å². The van der Waals surface area contributed by atoms with Crippen LogP contribution in [0.4, 0.5) is 10.1 Å². The molecule has 0 radical (unpaired) electrons. The highest BCUT2D eigenvalue weighted by Gasteiger charge is 2.23. The number of halogens is 2. The first-order valence-corrected chi connectivity index (χ1v) is 11.6. The van der Waals surface area contributed by atoms with Crippen LogP contribution in [0, 0.1) is 11.7 Å². The summed E-state index contributed by atoms with van der Waals surface area (Å²) >= 11 is 0. The molecule has 8 heteroatoms. The number of aromatic hydroxyl groups is 1. The summed E-state index contributed by atoms with van der Waals surface area (Å²) in [5.74, 6) is 1.79. The molecule has 2 aliphatic heterocycles. The van der Waals surface area contributed by atoms with E-state index in [4.69, 9.17) is 0 Å². The molecule has 33 heavy (non-hydrogen) atoms. The second-order valence-corrected chi connectivity index (χ2v) is 8.70. The van der Waals surface area contributed by atoms with Gasteiger partial charge in [-0.15, -0.1) is 24.0 Å². The number of piperazine rings is 1. The molecule has 0 saturated carbocycles. The number of guanidine groups is 1. The third kappa shape index (κ3) is 6.72. The minimum Gasteiger partial charge on any atom is -0.506 e. The van der Waals surface area contributed by atoms with E-state index in [1.54, 1.807) is 18.2 Å². The Balaban J connectivity index is 0.00000306. The summed E-state index contributed by atoms with van der Waals surface area (Å²) < 4.78 is 13.9. The van der Waals surface area contributed by atoms with Crippen LogP contribution in [0.1, 0.15) is 18.4 Å². The number of rotatable bonds is 5. The van der Waals surface area contributed by atoms with Crippen LogP contribution < -0.4 is 10.2 Å². The molecule has 2 fully saturated rings. The maximum Gasteiger partial charge on any atom is 0.193 e. The van der Waals surface area contributed by atoms with Gasteiger partial charge in [-0.25, -0.2) is 4.39 Å². The summed E-state index contributed by atoms with van der Waals surface area (Å²) in [5, 5.41) is 13.7. The Morgan fingerprint density at radius 1 is 1.00 bits per heavy atom. The monoisotopic (exact) mass is 567 g/mol. The van der Waals surface area contributed by atoms with Crippen molar-refractivity contribution in [1.82, 2.24) is 15.1 Å². The van der Waals surface area contributed by atoms with Gasteiger partial charge in [0.2, 0.25) is 0 Å². The van der Waals surface area contributed by atoms with Crippen molar-refractivity contribution < 1.29 is 9.50 Å². The number of anilines is 1. The molecule has 0 aromatic heterocycles. The zero-order chi connectivity index (χ0) is 22.3. The molecular formula is C25H35FIN5O. The number of aliphatic imine (C=N–C) groups is 1. The van der Waals surface area contributed by atoms with Gasteiger partial charge >= 0.3 is 0 Å². The maximum absolute atomic E-state index is 13.9. The van der Waals surface area contributed by atoms with Gasteiger partial charge in [-0.2, -0.15) is 0 Å². The predicted octanol–water partition coefficient (Wildman–Crippen LogP) is 3.76. The number of hydrogen-bond donors (Lipinski definition) is 2. The SMILES string of the molecule is CN=C(NCC1CCN(Cc2ccccc2F)CC1)N1CCN(c2ccccc2O)CC1.I. The summed E-state index contributed by atoms with van der Waals surface area (Å²) in [4.78, 5) is 11.4. The molecule has 2 heterocycles. The molecule has 2 aromatic rings. The molecule has 6 nitrogen and oxygen atoms in total. The summed E-state index contributed by atoms with van der Waals surface area (Å²) in [5.41, 5.74) is 1.68. The molecule has 0 unspecified atom stereocenters. The lowest BCUT2D eigenvalue weighted by Gasteiger charge is -2.38. The summed E-state index contributed by atoms with van der Waals surface area (Å²) in [6, 6.07) is 14.6. The number of benzene rings is 2. The van der Waals surface area contributed by atoms with E-state index >= 15 is 0 Å². The fraction of sp³-hybridized carbons (Fsp3) is 0.480. The highest BCUT2D eigenvalue weighted by molar-refractivity contribution is 14.0. The standard InChI is InChI=1S/C25H34FN5O.HI/c1-27-25(31-16-14-30(15-17-31)23-8-4-5-9-24(23)32)28-18-20-10-12-29(13-11-20)19-21-6-2-3-7-22(21)26;/h2-9,20,32H,10-19H2,1H3,(H,27,28);1H. The lowest BCUT2D eigenvalue weighted by molar-refractivity contribution is 0.175. The van der Waals surface area contributed by atoms with Gasteiger partial charge < -0.3 is 20.2 Å². The molecule has 180 valence electrons. The topological polar surface area (TPSA) is 54.3 Å². The van der Waals surface area contributed by atoms with E-state index < -0.39 is 0 Å². The molecule has 0 bridgehead atoms. The minimum absolute atomic E-state index is 0. The first kappa shape index (κ1) is 25.6. The van der Waals surface area contributed by atoms with Gasteiger partial charge in [0.15, 0.2) is 5.96 Å². The van der Waals surface area contributed by atoms with E-state index in [0.717, 1.165) is 75.9 Å². The maximum atomic E-state index is 13.9. The van der Waals surface area contributed by atoms with Gasteiger partial charge in [-0.05, 0) is 50.0 Å². The van der Waals surface area contributed by atoms with E-state index in [1.165, 1.54) is 0 Å². The molecular weight excluding hydrogens is 532 g/mol. The normalized spacial score (nSPS) is 18.2. The van der Waals surface area contributed by atoms with Crippen molar-refractivity contribution in [3.63, 3.8) is 0 Å². The van der Waals surface area contributed by atoms with E-state index in [0.29, 0.717) is 18.2 Å². The second kappa shape index (κ2) is 12.4. The first-order valence-electron chi connectivity index (χ1n) is 11.6. The van der Waals surface area contributed by atoms with Crippen molar-refractivity contribution in [2.24, 2.45) is 10.9 Å². The summed E-state index contributed by atoms with van der Waals surface area (Å²) in [6.07, 6.45) is 2.22. The van der Waals surface area contributed by atoms with Crippen LogP contribution in [-0.2, 0) is 6.54 Å². The largest absolute Gasteiger partial charge is 0.506 e. The molecule has 0 spiro atoms. The molecule has 2 aromatic carbocycles. The van der Waals surface area contributed by atoms with Gasteiger partial charge in [-0.1, -0.05) is 30.3 Å². The van der Waals surface area contributed by atoms with Gasteiger partial charge in [0.25, 0.3) is 0 Å². The van der Waals surface area contributed by atoms with Crippen LogP contribution in [0.5, 0.6) is 5.75 Å². The lowest BCUT2D eigenvalue weighted by atomic mass is 9.96. The average molecular weight is 567 g/mol. The second-order valence-electron chi connectivity index (χ2n) is 8.70. The quantitative estimate of drug-likeness (QED) is 0.328. The van der Waals surface area contributed by atoms with Crippen LogP contribution in [0.2, 0.25) is 0 Å². The third-order valence-corrected chi connectivity index (χ3v) is 6.62. The van der Waals surface area contributed by atoms with Crippen LogP contribution in [-0.4, -0.2) is 73.7 Å². The highest BCUT2D eigenvalue weighted by Crippen LogP contribution is 2.27. The number of phenolic OH excluding ortho intramolecular Hbond substituents is 1. The van der Waals surface area contributed by atoms with Gasteiger partial charge in [-0.3, -0.25) is 9.89 Å². The van der Waals surface area contributed by atoms with Crippen molar-refractivity contribution in [2.75, 3.05) is 57.8 Å². The van der Waals surface area contributed by atoms with Crippen LogP contribution in [0.3, 0.4) is 0 Å². The van der Waals surface area contributed by atoms with E-state index in [9.17, 15) is 9.50 Å². The Morgan fingerprint density at radius 2 is 1.67 bits per heavy atom.